The van der Waals surface area contributed by atoms with Gasteiger partial charge in [-0.15, -0.1) is 0 Å². The molecular weight excluding hydrogens is 424 g/mol. The zero-order valence-electron chi connectivity index (χ0n) is 20.8. The lowest BCUT2D eigenvalue weighted by molar-refractivity contribution is -0.116. The van der Waals surface area contributed by atoms with E-state index in [0.717, 1.165) is 44.8 Å². The van der Waals surface area contributed by atoms with Gasteiger partial charge in [-0.25, -0.2) is 4.68 Å². The molecule has 0 aliphatic rings. The summed E-state index contributed by atoms with van der Waals surface area (Å²) < 4.78 is 7.81. The average Bonchev–Trinajstić information content (AvgIpc) is 3.13. The number of benzene rings is 2. The van der Waals surface area contributed by atoms with Gasteiger partial charge in [0, 0.05) is 23.1 Å². The van der Waals surface area contributed by atoms with Crippen LogP contribution in [0.5, 0.6) is 5.88 Å². The molecule has 34 heavy (non-hydrogen) atoms. The van der Waals surface area contributed by atoms with E-state index in [1.807, 2.05) is 55.8 Å². The quantitative estimate of drug-likeness (QED) is 0.374. The molecule has 4 aromatic rings. The Labute approximate surface area is 201 Å². The predicted molar refractivity (Wildman–Crippen MR) is 137 cm³/mol. The summed E-state index contributed by atoms with van der Waals surface area (Å²) in [6.45, 7) is 12.7. The maximum Gasteiger partial charge on any atom is 0.224 e. The minimum atomic E-state index is -0.0303. The number of aromatic nitrogens is 3. The van der Waals surface area contributed by atoms with Gasteiger partial charge in [-0.3, -0.25) is 4.79 Å². The molecule has 0 atom stereocenters. The van der Waals surface area contributed by atoms with Gasteiger partial charge in [0.05, 0.1) is 18.0 Å². The van der Waals surface area contributed by atoms with E-state index in [1.165, 1.54) is 11.1 Å². The highest BCUT2D eigenvalue weighted by atomic mass is 16.5. The van der Waals surface area contributed by atoms with Crippen LogP contribution in [0, 0.1) is 34.6 Å². The summed E-state index contributed by atoms with van der Waals surface area (Å²) in [4.78, 5) is 17.6. The highest BCUT2D eigenvalue weighted by Gasteiger charge is 2.20. The number of carbonyl (C=O) groups is 1. The van der Waals surface area contributed by atoms with Gasteiger partial charge in [0.25, 0.3) is 0 Å². The van der Waals surface area contributed by atoms with Crippen LogP contribution in [0.2, 0.25) is 0 Å². The topological polar surface area (TPSA) is 69.0 Å². The number of nitrogens with one attached hydrogen (secondary N) is 1. The molecule has 0 fully saturated rings. The van der Waals surface area contributed by atoms with Crippen LogP contribution in [-0.2, 0) is 11.2 Å². The second-order valence-electron chi connectivity index (χ2n) is 8.83. The van der Waals surface area contributed by atoms with E-state index < -0.39 is 0 Å². The molecule has 2 aromatic carbocycles. The average molecular weight is 457 g/mol. The number of carbonyl (C=O) groups excluding carboxylic acids is 1. The van der Waals surface area contributed by atoms with E-state index in [0.29, 0.717) is 25.3 Å². The van der Waals surface area contributed by atoms with Crippen molar-refractivity contribution in [3.8, 4) is 11.6 Å². The Kier molecular flexibility index (Phi) is 6.68. The van der Waals surface area contributed by atoms with Gasteiger partial charge in [-0.05, 0) is 88.9 Å². The molecular formula is C28H32N4O2. The zero-order chi connectivity index (χ0) is 24.4. The van der Waals surface area contributed by atoms with E-state index in [1.54, 1.807) is 0 Å². The number of rotatable bonds is 7. The minimum Gasteiger partial charge on any atom is -0.478 e. The molecule has 6 heteroatoms. The number of nitrogens with zero attached hydrogens (tertiary/aromatic N) is 3. The van der Waals surface area contributed by atoms with Crippen LogP contribution in [0.15, 0.2) is 42.5 Å². The van der Waals surface area contributed by atoms with Crippen molar-refractivity contribution in [3.63, 3.8) is 0 Å². The highest BCUT2D eigenvalue weighted by Crippen LogP contribution is 2.32. The van der Waals surface area contributed by atoms with Gasteiger partial charge < -0.3 is 10.1 Å². The molecule has 0 unspecified atom stereocenters. The fourth-order valence-electron chi connectivity index (χ4n) is 4.23. The summed E-state index contributed by atoms with van der Waals surface area (Å²) in [6, 6.07) is 14.2. The number of aryl methyl sites for hydroxylation is 5. The van der Waals surface area contributed by atoms with Crippen molar-refractivity contribution in [2.75, 3.05) is 11.9 Å². The van der Waals surface area contributed by atoms with Gasteiger partial charge in [-0.1, -0.05) is 23.8 Å². The molecule has 6 nitrogen and oxygen atoms in total. The fourth-order valence-corrected chi connectivity index (χ4v) is 4.23. The van der Waals surface area contributed by atoms with Crippen molar-refractivity contribution < 1.29 is 9.53 Å². The van der Waals surface area contributed by atoms with Crippen LogP contribution in [0.1, 0.15) is 46.9 Å². The molecule has 0 aliphatic carbocycles. The number of fused-ring (bicyclic) bond motifs is 1. The van der Waals surface area contributed by atoms with Gasteiger partial charge in [0.2, 0.25) is 11.8 Å². The number of anilines is 1. The summed E-state index contributed by atoms with van der Waals surface area (Å²) in [5.41, 5.74) is 9.02. The maximum atomic E-state index is 12.7. The van der Waals surface area contributed by atoms with Gasteiger partial charge in [0.1, 0.15) is 0 Å². The fraction of sp³-hybridized carbons (Fsp3) is 0.321. The maximum absolute atomic E-state index is 12.7. The number of hydrogen-bond donors (Lipinski definition) is 1. The van der Waals surface area contributed by atoms with Gasteiger partial charge >= 0.3 is 0 Å². The molecule has 0 saturated heterocycles. The lowest BCUT2D eigenvalue weighted by atomic mass is 10.0. The molecule has 0 radical (unpaired) electrons. The van der Waals surface area contributed by atoms with Crippen molar-refractivity contribution in [2.24, 2.45) is 0 Å². The SMILES string of the molecule is CCOc1nc2c(c(C)nn2-c2ccc(C)cc2)c(C)c1CCC(=O)Nc1ccc(C)c(C)c1. The van der Waals surface area contributed by atoms with Gasteiger partial charge in [-0.2, -0.15) is 10.1 Å². The van der Waals surface area contributed by atoms with Gasteiger partial charge in [0.15, 0.2) is 5.65 Å². The van der Waals surface area contributed by atoms with E-state index in [4.69, 9.17) is 14.8 Å². The molecule has 176 valence electrons. The first kappa shape index (κ1) is 23.5. The zero-order valence-corrected chi connectivity index (χ0v) is 20.8. The number of pyridine rings is 1. The third-order valence-electron chi connectivity index (χ3n) is 6.28. The Balaban J connectivity index is 1.65. The standard InChI is InChI=1S/C28H32N4O2/c1-7-34-28-24(14-15-25(33)29-22-11-10-18(3)19(4)16-22)20(5)26-21(6)31-32(27(26)30-28)23-12-8-17(2)9-13-23/h8-13,16H,7,14-15H2,1-6H3,(H,29,33). The normalized spacial score (nSPS) is 11.1. The third-order valence-corrected chi connectivity index (χ3v) is 6.28. The minimum absolute atomic E-state index is 0.0303. The predicted octanol–water partition coefficient (Wildman–Crippen LogP) is 5.93. The molecule has 4 rings (SSSR count). The smallest absolute Gasteiger partial charge is 0.224 e. The van der Waals surface area contributed by atoms with Crippen molar-refractivity contribution in [1.82, 2.24) is 14.8 Å². The Bertz CT molecular complexity index is 1350. The van der Waals surface area contributed by atoms with Crippen LogP contribution in [0.3, 0.4) is 0 Å². The van der Waals surface area contributed by atoms with Crippen LogP contribution in [0.25, 0.3) is 16.7 Å². The highest BCUT2D eigenvalue weighted by molar-refractivity contribution is 5.91. The van der Waals surface area contributed by atoms with E-state index in [-0.39, 0.29) is 5.91 Å². The largest absolute Gasteiger partial charge is 0.478 e. The van der Waals surface area contributed by atoms with E-state index in [2.05, 4.69) is 38.2 Å². The molecule has 0 spiro atoms. The Morgan fingerprint density at radius 3 is 2.41 bits per heavy atom. The third kappa shape index (κ3) is 4.67. The summed E-state index contributed by atoms with van der Waals surface area (Å²) >= 11 is 0. The lowest BCUT2D eigenvalue weighted by Crippen LogP contribution is -2.14. The van der Waals surface area contributed by atoms with E-state index in [9.17, 15) is 4.79 Å². The van der Waals surface area contributed by atoms with Crippen molar-refractivity contribution in [3.05, 3.63) is 76.0 Å². The molecule has 0 aliphatic heterocycles. The second-order valence-corrected chi connectivity index (χ2v) is 8.83. The molecule has 0 saturated carbocycles. The van der Waals surface area contributed by atoms with Crippen molar-refractivity contribution in [1.29, 1.82) is 0 Å². The lowest BCUT2D eigenvalue weighted by Gasteiger charge is -2.14. The Morgan fingerprint density at radius 2 is 1.74 bits per heavy atom. The van der Waals surface area contributed by atoms with Crippen molar-refractivity contribution >= 4 is 22.6 Å². The Morgan fingerprint density at radius 1 is 1.00 bits per heavy atom. The molecule has 1 N–H and O–H groups in total. The number of ether oxygens (including phenoxy) is 1. The molecule has 1 amide bonds. The van der Waals surface area contributed by atoms with Crippen LogP contribution >= 0.6 is 0 Å². The van der Waals surface area contributed by atoms with Crippen LogP contribution < -0.4 is 10.1 Å². The summed E-state index contributed by atoms with van der Waals surface area (Å²) in [5.74, 6) is 0.539. The summed E-state index contributed by atoms with van der Waals surface area (Å²) in [6.07, 6.45) is 0.877. The van der Waals surface area contributed by atoms with Crippen LogP contribution in [0.4, 0.5) is 5.69 Å². The summed E-state index contributed by atoms with van der Waals surface area (Å²) in [7, 11) is 0. The first-order chi connectivity index (χ1) is 16.3. The second kappa shape index (κ2) is 9.67. The first-order valence-corrected chi connectivity index (χ1v) is 11.7. The first-order valence-electron chi connectivity index (χ1n) is 11.7. The molecule has 2 heterocycles. The summed E-state index contributed by atoms with van der Waals surface area (Å²) in [5, 5.41) is 8.80. The Hall–Kier alpha value is -3.67. The van der Waals surface area contributed by atoms with E-state index >= 15 is 0 Å². The molecule has 2 aromatic heterocycles. The number of hydrogen-bond acceptors (Lipinski definition) is 4. The van der Waals surface area contributed by atoms with Crippen LogP contribution in [-0.4, -0.2) is 27.3 Å². The number of amides is 1. The molecule has 0 bridgehead atoms. The van der Waals surface area contributed by atoms with Crippen molar-refractivity contribution in [2.45, 2.75) is 54.4 Å². The monoisotopic (exact) mass is 456 g/mol.